The van der Waals surface area contributed by atoms with Gasteiger partial charge in [-0.2, -0.15) is 0 Å². The average Bonchev–Trinajstić information content (AvgIpc) is 3.04. The second kappa shape index (κ2) is 4.51. The Labute approximate surface area is 129 Å². The highest BCUT2D eigenvalue weighted by atomic mass is 32.1. The number of nitrogens with one attached hydrogen (secondary N) is 1. The summed E-state index contributed by atoms with van der Waals surface area (Å²) in [5.41, 5.74) is 3.72. The maximum absolute atomic E-state index is 11.5. The molecule has 0 bridgehead atoms. The van der Waals surface area contributed by atoms with Gasteiger partial charge >= 0.3 is 5.97 Å². The molecular weight excluding hydrogens is 298 g/mol. The van der Waals surface area contributed by atoms with E-state index in [1.54, 1.807) is 17.5 Å². The van der Waals surface area contributed by atoms with Gasteiger partial charge < -0.3 is 10.1 Å². The zero-order chi connectivity index (χ0) is 15.4. The first-order valence-electron chi connectivity index (χ1n) is 7.03. The Hall–Kier alpha value is -2.47. The third-order valence-corrected chi connectivity index (χ3v) is 4.92. The number of hydrogen-bond acceptors (Lipinski definition) is 4. The lowest BCUT2D eigenvalue weighted by atomic mass is 10.0. The Morgan fingerprint density at radius 3 is 2.86 bits per heavy atom. The van der Waals surface area contributed by atoms with Crippen LogP contribution in [0.1, 0.15) is 28.0 Å². The van der Waals surface area contributed by atoms with Gasteiger partial charge in [-0.1, -0.05) is 6.92 Å². The van der Waals surface area contributed by atoms with Gasteiger partial charge in [0.15, 0.2) is 5.69 Å². The van der Waals surface area contributed by atoms with Crippen molar-refractivity contribution >= 4 is 49.3 Å². The summed E-state index contributed by atoms with van der Waals surface area (Å²) < 4.78 is 1.10. The molecule has 0 aliphatic carbocycles. The Morgan fingerprint density at radius 1 is 1.32 bits per heavy atom. The largest absolute Gasteiger partial charge is 0.477 e. The molecule has 0 spiro atoms. The first-order chi connectivity index (χ1) is 10.6. The van der Waals surface area contributed by atoms with Crippen LogP contribution < -0.4 is 0 Å². The summed E-state index contributed by atoms with van der Waals surface area (Å²) in [6, 6.07) is 3.99. The van der Waals surface area contributed by atoms with Gasteiger partial charge in [0, 0.05) is 16.3 Å². The molecule has 0 saturated heterocycles. The number of aryl methyl sites for hydroxylation is 2. The molecule has 6 heteroatoms. The molecule has 4 rings (SSSR count). The van der Waals surface area contributed by atoms with Gasteiger partial charge in [0.25, 0.3) is 0 Å². The average molecular weight is 311 g/mol. The van der Waals surface area contributed by atoms with E-state index in [1.165, 1.54) is 0 Å². The molecule has 0 atom stereocenters. The Morgan fingerprint density at radius 2 is 2.14 bits per heavy atom. The second-order valence-electron chi connectivity index (χ2n) is 5.23. The summed E-state index contributed by atoms with van der Waals surface area (Å²) in [6.45, 7) is 3.94. The van der Waals surface area contributed by atoms with Crippen LogP contribution in [0.4, 0.5) is 0 Å². The number of aromatic amines is 1. The minimum atomic E-state index is -0.985. The Bertz CT molecular complexity index is 1060. The lowest BCUT2D eigenvalue weighted by Crippen LogP contribution is -2.05. The molecule has 1 aromatic carbocycles. The third-order valence-electron chi connectivity index (χ3n) is 3.92. The number of nitrogens with zero attached hydrogens (tertiary/aromatic N) is 2. The highest BCUT2D eigenvalue weighted by Crippen LogP contribution is 2.37. The normalized spacial score (nSPS) is 11.7. The molecule has 3 heterocycles. The number of aromatic carboxylic acids is 1. The number of carbonyl (C=O) groups is 1. The van der Waals surface area contributed by atoms with Crippen molar-refractivity contribution in [3.63, 3.8) is 0 Å². The van der Waals surface area contributed by atoms with Crippen LogP contribution in [0.5, 0.6) is 0 Å². The monoisotopic (exact) mass is 311 g/mol. The second-order valence-corrected chi connectivity index (χ2v) is 6.43. The number of aromatic nitrogens is 3. The van der Waals surface area contributed by atoms with Crippen molar-refractivity contribution in [1.82, 2.24) is 15.0 Å². The smallest absolute Gasteiger partial charge is 0.354 e. The fraction of sp³-hybridized carbons (Fsp3) is 0.188. The van der Waals surface area contributed by atoms with Gasteiger partial charge in [-0.3, -0.25) is 0 Å². The van der Waals surface area contributed by atoms with E-state index in [4.69, 9.17) is 0 Å². The van der Waals surface area contributed by atoms with Crippen molar-refractivity contribution in [3.8, 4) is 0 Å². The molecule has 0 aliphatic rings. The standard InChI is InChI=1S/C16H13N3O2S/c1-3-8-12-11(6-17-14(8)16(20)21)19-9-4-5-10-15(13(9)12)22-7(2)18-10/h4-6,19H,3H2,1-2H3,(H,20,21). The number of benzene rings is 1. The Balaban J connectivity index is 2.29. The molecule has 3 aromatic heterocycles. The van der Waals surface area contributed by atoms with E-state index in [-0.39, 0.29) is 5.69 Å². The fourth-order valence-corrected chi connectivity index (χ4v) is 4.03. The van der Waals surface area contributed by atoms with E-state index in [0.29, 0.717) is 6.42 Å². The third kappa shape index (κ3) is 1.67. The highest BCUT2D eigenvalue weighted by molar-refractivity contribution is 7.19. The molecule has 0 aliphatic heterocycles. The summed E-state index contributed by atoms with van der Waals surface area (Å²) in [6.07, 6.45) is 2.23. The van der Waals surface area contributed by atoms with E-state index in [0.717, 1.165) is 42.6 Å². The molecule has 0 saturated carbocycles. The van der Waals surface area contributed by atoms with Crippen LogP contribution in [0.15, 0.2) is 18.3 Å². The van der Waals surface area contributed by atoms with Crippen molar-refractivity contribution in [2.24, 2.45) is 0 Å². The summed E-state index contributed by atoms with van der Waals surface area (Å²) in [7, 11) is 0. The van der Waals surface area contributed by atoms with Gasteiger partial charge in [-0.25, -0.2) is 14.8 Å². The molecular formula is C16H13N3O2S. The molecule has 4 aromatic rings. The van der Waals surface area contributed by atoms with Crippen LogP contribution in [0.3, 0.4) is 0 Å². The number of fused-ring (bicyclic) bond motifs is 5. The van der Waals surface area contributed by atoms with Crippen LogP contribution in [0.2, 0.25) is 0 Å². The van der Waals surface area contributed by atoms with Gasteiger partial charge in [0.2, 0.25) is 0 Å². The predicted octanol–water partition coefficient (Wildman–Crippen LogP) is 3.89. The van der Waals surface area contributed by atoms with Crippen LogP contribution in [-0.2, 0) is 6.42 Å². The van der Waals surface area contributed by atoms with Gasteiger partial charge in [-0.05, 0) is 31.0 Å². The first kappa shape index (κ1) is 13.2. The van der Waals surface area contributed by atoms with E-state index in [1.807, 2.05) is 26.0 Å². The van der Waals surface area contributed by atoms with Gasteiger partial charge in [0.05, 0.1) is 26.9 Å². The van der Waals surface area contributed by atoms with Crippen molar-refractivity contribution in [1.29, 1.82) is 0 Å². The van der Waals surface area contributed by atoms with Crippen molar-refractivity contribution in [2.45, 2.75) is 20.3 Å². The topological polar surface area (TPSA) is 78.9 Å². The molecule has 0 radical (unpaired) electrons. The summed E-state index contributed by atoms with van der Waals surface area (Å²) >= 11 is 1.64. The number of hydrogen-bond donors (Lipinski definition) is 2. The number of carboxylic acid groups (broad SMARTS) is 1. The molecule has 0 amide bonds. The zero-order valence-electron chi connectivity index (χ0n) is 12.1. The molecule has 5 nitrogen and oxygen atoms in total. The van der Waals surface area contributed by atoms with Crippen molar-refractivity contribution in [2.75, 3.05) is 0 Å². The predicted molar refractivity (Wildman–Crippen MR) is 87.9 cm³/mol. The Kier molecular flexibility index (Phi) is 2.71. The fourth-order valence-electron chi connectivity index (χ4n) is 3.06. The van der Waals surface area contributed by atoms with Crippen LogP contribution in [-0.4, -0.2) is 26.0 Å². The maximum Gasteiger partial charge on any atom is 0.354 e. The van der Waals surface area contributed by atoms with Crippen LogP contribution >= 0.6 is 11.3 Å². The number of rotatable bonds is 2. The van der Waals surface area contributed by atoms with Crippen LogP contribution in [0, 0.1) is 6.92 Å². The van der Waals surface area contributed by atoms with E-state index < -0.39 is 5.97 Å². The lowest BCUT2D eigenvalue weighted by molar-refractivity contribution is 0.0689. The number of carboxylic acids is 1. The maximum atomic E-state index is 11.5. The van der Waals surface area contributed by atoms with Crippen molar-refractivity contribution < 1.29 is 9.90 Å². The van der Waals surface area contributed by atoms with E-state index in [9.17, 15) is 9.90 Å². The summed E-state index contributed by atoms with van der Waals surface area (Å²) in [4.78, 5) is 23.5. The molecule has 110 valence electrons. The number of H-pyrrole nitrogens is 1. The quantitative estimate of drug-likeness (QED) is 0.588. The van der Waals surface area contributed by atoms with Gasteiger partial charge in [0.1, 0.15) is 0 Å². The molecule has 0 fully saturated rings. The van der Waals surface area contributed by atoms with Crippen molar-refractivity contribution in [3.05, 3.63) is 34.6 Å². The zero-order valence-corrected chi connectivity index (χ0v) is 12.9. The van der Waals surface area contributed by atoms with Gasteiger partial charge in [-0.15, -0.1) is 11.3 Å². The number of thiazole rings is 1. The summed E-state index contributed by atoms with van der Waals surface area (Å²) in [5.74, 6) is -0.985. The molecule has 2 N–H and O–H groups in total. The molecule has 0 unspecified atom stereocenters. The minimum Gasteiger partial charge on any atom is -0.477 e. The molecule has 22 heavy (non-hydrogen) atoms. The number of pyridine rings is 1. The van der Waals surface area contributed by atoms with E-state index >= 15 is 0 Å². The van der Waals surface area contributed by atoms with E-state index in [2.05, 4.69) is 15.0 Å². The lowest BCUT2D eigenvalue weighted by Gasteiger charge is -2.05. The minimum absolute atomic E-state index is 0.133. The SMILES string of the molecule is CCc1c(C(=O)O)ncc2[nH]c3ccc4nc(C)sc4c3c12. The van der Waals surface area contributed by atoms with Crippen LogP contribution in [0.25, 0.3) is 32.0 Å². The summed E-state index contributed by atoms with van der Waals surface area (Å²) in [5, 5.41) is 12.4. The highest BCUT2D eigenvalue weighted by Gasteiger charge is 2.19. The first-order valence-corrected chi connectivity index (χ1v) is 7.84.